The Kier molecular flexibility index (Phi) is 5.74. The first-order valence-corrected chi connectivity index (χ1v) is 8.32. The van der Waals surface area contributed by atoms with E-state index in [2.05, 4.69) is 53.2 Å². The number of nitrogens with one attached hydrogen (secondary N) is 2. The molecular formula is C18H25FN6O. The summed E-state index contributed by atoms with van der Waals surface area (Å²) in [6.07, 6.45) is 1.16. The van der Waals surface area contributed by atoms with Gasteiger partial charge in [0, 0.05) is 24.7 Å². The van der Waals surface area contributed by atoms with Crippen molar-refractivity contribution in [2.45, 2.75) is 33.6 Å². The Morgan fingerprint density at radius 3 is 2.62 bits per heavy atom. The number of aromatic amines is 1. The number of H-pyrrole nitrogens is 1. The lowest BCUT2D eigenvalue weighted by Crippen LogP contribution is -2.28. The summed E-state index contributed by atoms with van der Waals surface area (Å²) < 4.78 is 13.6. The minimum absolute atomic E-state index is 0.249. The van der Waals surface area contributed by atoms with Gasteiger partial charge >= 0.3 is 0 Å². The molecule has 8 heteroatoms. The summed E-state index contributed by atoms with van der Waals surface area (Å²) in [6.45, 7) is 9.19. The first kappa shape index (κ1) is 19.6. The predicted octanol–water partition coefficient (Wildman–Crippen LogP) is 2.64. The van der Waals surface area contributed by atoms with Crippen molar-refractivity contribution < 1.29 is 4.39 Å². The fourth-order valence-corrected chi connectivity index (χ4v) is 2.58. The number of nitrogens with two attached hydrogens (primary N) is 1. The zero-order chi connectivity index (χ0) is 19.5. The highest BCUT2D eigenvalue weighted by Gasteiger charge is 2.28. The number of aromatic nitrogens is 2. The van der Waals surface area contributed by atoms with E-state index in [-0.39, 0.29) is 11.3 Å². The number of halogens is 1. The van der Waals surface area contributed by atoms with Gasteiger partial charge in [-0.15, -0.1) is 0 Å². The maximum Gasteiger partial charge on any atom is 0.272 e. The van der Waals surface area contributed by atoms with Gasteiger partial charge in [0.1, 0.15) is 11.7 Å². The molecule has 0 saturated heterocycles. The number of hydrogen-bond acceptors (Lipinski definition) is 4. The van der Waals surface area contributed by atoms with Gasteiger partial charge in [-0.3, -0.25) is 9.79 Å². The molecule has 26 heavy (non-hydrogen) atoms. The fourth-order valence-electron chi connectivity index (χ4n) is 2.58. The van der Waals surface area contributed by atoms with Crippen LogP contribution in [-0.2, 0) is 0 Å². The Morgan fingerprint density at radius 1 is 1.38 bits per heavy atom. The quantitative estimate of drug-likeness (QED) is 0.536. The third-order valence-corrected chi connectivity index (χ3v) is 3.46. The summed E-state index contributed by atoms with van der Waals surface area (Å²) in [5.74, 6) is -0.261. The van der Waals surface area contributed by atoms with E-state index in [1.165, 1.54) is 12.1 Å². The van der Waals surface area contributed by atoms with Gasteiger partial charge in [-0.1, -0.05) is 27.7 Å². The van der Waals surface area contributed by atoms with E-state index in [0.29, 0.717) is 34.6 Å². The molecule has 0 spiro atoms. The number of hydrogen-bond donors (Lipinski definition) is 3. The average molecular weight is 360 g/mol. The van der Waals surface area contributed by atoms with E-state index in [4.69, 9.17) is 5.73 Å². The van der Waals surface area contributed by atoms with Crippen molar-refractivity contribution >= 4 is 28.6 Å². The SMILES string of the molecule is CC(C)(C)C.CN=C(N=CN)C1CNc2cc(F)cc3c(=O)[nH]nc1c23. The molecule has 1 aliphatic rings. The smallest absolute Gasteiger partial charge is 0.272 e. The highest BCUT2D eigenvalue weighted by atomic mass is 19.1. The molecular weight excluding hydrogens is 335 g/mol. The summed E-state index contributed by atoms with van der Waals surface area (Å²) in [4.78, 5) is 20.0. The minimum atomic E-state index is -0.476. The molecule has 0 amide bonds. The van der Waals surface area contributed by atoms with Crippen LogP contribution in [0.15, 0.2) is 26.9 Å². The van der Waals surface area contributed by atoms with Gasteiger partial charge in [0.2, 0.25) is 0 Å². The lowest BCUT2D eigenvalue weighted by Gasteiger charge is -2.25. The first-order chi connectivity index (χ1) is 12.2. The van der Waals surface area contributed by atoms with Crippen LogP contribution in [0.3, 0.4) is 0 Å². The second kappa shape index (κ2) is 7.63. The van der Waals surface area contributed by atoms with Gasteiger partial charge in [-0.2, -0.15) is 5.10 Å². The molecule has 0 saturated carbocycles. The van der Waals surface area contributed by atoms with Crippen LogP contribution in [-0.4, -0.2) is 36.0 Å². The summed E-state index contributed by atoms with van der Waals surface area (Å²) >= 11 is 0. The third-order valence-electron chi connectivity index (χ3n) is 3.46. The van der Waals surface area contributed by atoms with Crippen molar-refractivity contribution in [2.75, 3.05) is 18.9 Å². The Balaban J connectivity index is 0.000000431. The second-order valence-corrected chi connectivity index (χ2v) is 7.61. The minimum Gasteiger partial charge on any atom is -0.390 e. The van der Waals surface area contributed by atoms with Crippen LogP contribution in [0.25, 0.3) is 10.8 Å². The molecule has 140 valence electrons. The molecule has 4 N–H and O–H groups in total. The Hall–Kier alpha value is -2.77. The zero-order valence-corrected chi connectivity index (χ0v) is 15.7. The van der Waals surface area contributed by atoms with Crippen LogP contribution >= 0.6 is 0 Å². The summed E-state index contributed by atoms with van der Waals surface area (Å²) in [6, 6.07) is 2.54. The Bertz CT molecular complexity index is 904. The molecule has 1 aromatic carbocycles. The molecule has 0 aliphatic carbocycles. The molecule has 2 aromatic rings. The largest absolute Gasteiger partial charge is 0.390 e. The Labute approximate surface area is 151 Å². The normalized spacial score (nSPS) is 17.0. The van der Waals surface area contributed by atoms with Crippen molar-refractivity contribution in [3.8, 4) is 0 Å². The van der Waals surface area contributed by atoms with Crippen molar-refractivity contribution in [1.82, 2.24) is 10.2 Å². The van der Waals surface area contributed by atoms with Crippen LogP contribution in [0.5, 0.6) is 0 Å². The number of nitrogens with zero attached hydrogens (tertiary/aromatic N) is 3. The highest BCUT2D eigenvalue weighted by molar-refractivity contribution is 6.03. The molecule has 1 aliphatic heterocycles. The van der Waals surface area contributed by atoms with Gasteiger partial charge in [0.25, 0.3) is 5.56 Å². The Morgan fingerprint density at radius 2 is 2.04 bits per heavy atom. The molecule has 1 atom stereocenters. The lowest BCUT2D eigenvalue weighted by molar-refractivity contribution is 0.469. The zero-order valence-electron chi connectivity index (χ0n) is 15.7. The van der Waals surface area contributed by atoms with Crippen molar-refractivity contribution in [3.05, 3.63) is 34.0 Å². The summed E-state index contributed by atoms with van der Waals surface area (Å²) in [5.41, 5.74) is 6.54. The van der Waals surface area contributed by atoms with Gasteiger partial charge in [-0.25, -0.2) is 14.5 Å². The standard InChI is InChI=1S/C13H13FN6O.C5H12/c1-16-12(18-5-15)8-4-17-9-3-6(14)2-7-10(9)11(8)19-20-13(7)21;1-5(2,3)4/h2-3,5,8,17H,4H2,1H3,(H,20,21)(H2,15,16,18);1-4H3. The molecule has 0 bridgehead atoms. The average Bonchev–Trinajstić information content (AvgIpc) is 2.54. The topological polar surface area (TPSA) is 109 Å². The number of anilines is 1. The number of benzene rings is 1. The number of amidine groups is 1. The van der Waals surface area contributed by atoms with Crippen LogP contribution in [0, 0.1) is 11.2 Å². The number of rotatable bonds is 1. The van der Waals surface area contributed by atoms with Crippen molar-refractivity contribution in [3.63, 3.8) is 0 Å². The molecule has 1 aromatic heterocycles. The monoisotopic (exact) mass is 360 g/mol. The van der Waals surface area contributed by atoms with Crippen LogP contribution < -0.4 is 16.6 Å². The van der Waals surface area contributed by atoms with Gasteiger partial charge in [0.15, 0.2) is 0 Å². The summed E-state index contributed by atoms with van der Waals surface area (Å²) in [5, 5.41) is 10.4. The molecule has 7 nitrogen and oxygen atoms in total. The summed E-state index contributed by atoms with van der Waals surface area (Å²) in [7, 11) is 1.60. The van der Waals surface area contributed by atoms with E-state index >= 15 is 0 Å². The van der Waals surface area contributed by atoms with Gasteiger partial charge in [0.05, 0.1) is 23.3 Å². The van der Waals surface area contributed by atoms with E-state index < -0.39 is 11.4 Å². The maximum atomic E-state index is 13.6. The van der Waals surface area contributed by atoms with Crippen molar-refractivity contribution in [2.24, 2.45) is 21.1 Å². The van der Waals surface area contributed by atoms with E-state index in [1.54, 1.807) is 7.05 Å². The molecule has 2 heterocycles. The van der Waals surface area contributed by atoms with Gasteiger partial charge < -0.3 is 11.1 Å². The number of aliphatic imine (C=N–C) groups is 2. The van der Waals surface area contributed by atoms with E-state index in [0.717, 1.165) is 6.34 Å². The van der Waals surface area contributed by atoms with E-state index in [1.807, 2.05) is 0 Å². The van der Waals surface area contributed by atoms with Crippen LogP contribution in [0.1, 0.15) is 39.3 Å². The second-order valence-electron chi connectivity index (χ2n) is 7.61. The van der Waals surface area contributed by atoms with Crippen LogP contribution in [0.4, 0.5) is 10.1 Å². The first-order valence-electron chi connectivity index (χ1n) is 8.32. The third kappa shape index (κ3) is 4.44. The van der Waals surface area contributed by atoms with Crippen LogP contribution in [0.2, 0.25) is 0 Å². The molecule has 3 rings (SSSR count). The van der Waals surface area contributed by atoms with Crippen molar-refractivity contribution in [1.29, 1.82) is 0 Å². The highest BCUT2D eigenvalue weighted by Crippen LogP contribution is 2.34. The molecule has 0 fully saturated rings. The molecule has 1 unspecified atom stereocenters. The maximum absolute atomic E-state index is 13.6. The van der Waals surface area contributed by atoms with E-state index in [9.17, 15) is 9.18 Å². The predicted molar refractivity (Wildman–Crippen MR) is 105 cm³/mol. The lowest BCUT2D eigenvalue weighted by atomic mass is 9.94. The van der Waals surface area contributed by atoms with Gasteiger partial charge in [-0.05, 0) is 17.5 Å². The fraction of sp³-hybridized carbons (Fsp3) is 0.444. The molecule has 0 radical (unpaired) electrons.